The number of fused-ring (bicyclic) bond motifs is 1. The van der Waals surface area contributed by atoms with Crippen LogP contribution in [0.3, 0.4) is 0 Å². The highest BCUT2D eigenvalue weighted by atomic mass is 16.5. The van der Waals surface area contributed by atoms with Gasteiger partial charge in [0.05, 0.1) is 19.2 Å². The van der Waals surface area contributed by atoms with Gasteiger partial charge in [-0.25, -0.2) is 0 Å². The number of nitriles is 1. The summed E-state index contributed by atoms with van der Waals surface area (Å²) in [4.78, 5) is 0. The molecule has 1 unspecified atom stereocenters. The summed E-state index contributed by atoms with van der Waals surface area (Å²) in [7, 11) is 1.63. The Bertz CT molecular complexity index is 569. The number of nitrogens with one attached hydrogen (secondary N) is 1. The van der Waals surface area contributed by atoms with E-state index in [4.69, 9.17) is 14.4 Å². The molecule has 0 fully saturated rings. The molecule has 0 saturated carbocycles. The van der Waals surface area contributed by atoms with Crippen LogP contribution in [0.25, 0.3) is 11.0 Å². The number of nitrogens with zero attached hydrogens (tertiary/aromatic N) is 1. The van der Waals surface area contributed by atoms with Gasteiger partial charge in [-0.15, -0.1) is 0 Å². The van der Waals surface area contributed by atoms with Gasteiger partial charge in [0.25, 0.3) is 0 Å². The van der Waals surface area contributed by atoms with E-state index in [2.05, 4.69) is 11.4 Å². The van der Waals surface area contributed by atoms with Crippen LogP contribution in [0.5, 0.6) is 5.75 Å². The van der Waals surface area contributed by atoms with E-state index in [1.165, 1.54) is 0 Å². The highest BCUT2D eigenvalue weighted by Gasteiger charge is 2.13. The molecule has 1 aromatic heterocycles. The molecule has 2 aromatic rings. The first-order chi connectivity index (χ1) is 8.76. The lowest BCUT2D eigenvalue weighted by Crippen LogP contribution is -2.18. The largest absolute Gasteiger partial charge is 0.493 e. The number of hydrogen-bond donors (Lipinski definition) is 1. The van der Waals surface area contributed by atoms with Crippen LogP contribution in [0.2, 0.25) is 0 Å². The molecule has 0 radical (unpaired) electrons. The Labute approximate surface area is 106 Å². The van der Waals surface area contributed by atoms with Gasteiger partial charge >= 0.3 is 0 Å². The van der Waals surface area contributed by atoms with Crippen LogP contribution in [0.1, 0.15) is 25.1 Å². The minimum Gasteiger partial charge on any atom is -0.493 e. The number of furan rings is 1. The van der Waals surface area contributed by atoms with Gasteiger partial charge < -0.3 is 14.5 Å². The van der Waals surface area contributed by atoms with Crippen molar-refractivity contribution in [2.24, 2.45) is 0 Å². The lowest BCUT2D eigenvalue weighted by Gasteiger charge is -2.08. The quantitative estimate of drug-likeness (QED) is 0.821. The molecule has 18 heavy (non-hydrogen) atoms. The maximum Gasteiger partial charge on any atom is 0.176 e. The fraction of sp³-hybridized carbons (Fsp3) is 0.357. The average molecular weight is 244 g/mol. The lowest BCUT2D eigenvalue weighted by molar-refractivity contribution is 0.400. The molecule has 0 aliphatic heterocycles. The minimum absolute atomic E-state index is 0.0791. The van der Waals surface area contributed by atoms with Crippen molar-refractivity contribution in [3.05, 3.63) is 30.0 Å². The van der Waals surface area contributed by atoms with E-state index < -0.39 is 0 Å². The average Bonchev–Trinajstić information content (AvgIpc) is 2.82. The van der Waals surface area contributed by atoms with Crippen LogP contribution in [0.4, 0.5) is 0 Å². The standard InChI is InChI=1S/C14H16N2O2/c1-10(16-8-4-7-15)13-9-11-5-3-6-12(17-2)14(11)18-13/h3,5-6,9-10,16H,4,8H2,1-2H3. The van der Waals surface area contributed by atoms with E-state index in [9.17, 15) is 0 Å². The zero-order valence-corrected chi connectivity index (χ0v) is 10.6. The summed E-state index contributed by atoms with van der Waals surface area (Å²) in [6.45, 7) is 2.67. The predicted molar refractivity (Wildman–Crippen MR) is 69.4 cm³/mol. The van der Waals surface area contributed by atoms with Gasteiger partial charge in [-0.1, -0.05) is 12.1 Å². The molecule has 4 nitrogen and oxygen atoms in total. The summed E-state index contributed by atoms with van der Waals surface area (Å²) in [5.41, 5.74) is 0.768. The Morgan fingerprint density at radius 2 is 2.33 bits per heavy atom. The maximum atomic E-state index is 8.50. The van der Waals surface area contributed by atoms with Gasteiger partial charge in [0.15, 0.2) is 11.3 Å². The van der Waals surface area contributed by atoms with E-state index in [-0.39, 0.29) is 6.04 Å². The van der Waals surface area contributed by atoms with Crippen molar-refractivity contribution in [1.82, 2.24) is 5.32 Å². The smallest absolute Gasteiger partial charge is 0.176 e. The SMILES string of the molecule is COc1cccc2cc(C(C)NCCC#N)oc12. The normalized spacial score (nSPS) is 12.3. The number of ether oxygens (including phenoxy) is 1. The summed E-state index contributed by atoms with van der Waals surface area (Å²) >= 11 is 0. The molecule has 0 bridgehead atoms. The number of methoxy groups -OCH3 is 1. The topological polar surface area (TPSA) is 58.2 Å². The van der Waals surface area contributed by atoms with Crippen molar-refractivity contribution in [2.45, 2.75) is 19.4 Å². The van der Waals surface area contributed by atoms with Gasteiger partial charge in [-0.3, -0.25) is 0 Å². The fourth-order valence-electron chi connectivity index (χ4n) is 1.88. The zero-order valence-electron chi connectivity index (χ0n) is 10.6. The van der Waals surface area contributed by atoms with Crippen LogP contribution in [-0.4, -0.2) is 13.7 Å². The van der Waals surface area contributed by atoms with Gasteiger partial charge in [0, 0.05) is 18.4 Å². The summed E-state index contributed by atoms with van der Waals surface area (Å²) in [6, 6.07) is 10.00. The van der Waals surface area contributed by atoms with Crippen molar-refractivity contribution in [3.63, 3.8) is 0 Å². The molecule has 94 valence electrons. The highest BCUT2D eigenvalue weighted by Crippen LogP contribution is 2.30. The molecule has 2 rings (SSSR count). The van der Waals surface area contributed by atoms with E-state index in [0.717, 1.165) is 22.5 Å². The van der Waals surface area contributed by atoms with Crippen LogP contribution in [0.15, 0.2) is 28.7 Å². The second kappa shape index (κ2) is 5.56. The first-order valence-corrected chi connectivity index (χ1v) is 5.93. The van der Waals surface area contributed by atoms with Crippen molar-refractivity contribution in [3.8, 4) is 11.8 Å². The molecule has 1 atom stereocenters. The zero-order chi connectivity index (χ0) is 13.0. The molecule has 0 aliphatic rings. The van der Waals surface area contributed by atoms with Gasteiger partial charge in [0.2, 0.25) is 0 Å². The minimum atomic E-state index is 0.0791. The first-order valence-electron chi connectivity index (χ1n) is 5.93. The Morgan fingerprint density at radius 3 is 3.06 bits per heavy atom. The van der Waals surface area contributed by atoms with E-state index in [0.29, 0.717) is 13.0 Å². The molecule has 0 spiro atoms. The molecule has 0 aliphatic carbocycles. The van der Waals surface area contributed by atoms with E-state index in [1.807, 2.05) is 31.2 Å². The van der Waals surface area contributed by atoms with E-state index >= 15 is 0 Å². The number of benzene rings is 1. The van der Waals surface area contributed by atoms with Crippen LogP contribution < -0.4 is 10.1 Å². The third kappa shape index (κ3) is 2.47. The highest BCUT2D eigenvalue weighted by molar-refractivity contribution is 5.83. The first kappa shape index (κ1) is 12.5. The second-order valence-electron chi connectivity index (χ2n) is 4.11. The molecule has 1 aromatic carbocycles. The van der Waals surface area contributed by atoms with Gasteiger partial charge in [-0.2, -0.15) is 5.26 Å². The third-order valence-corrected chi connectivity index (χ3v) is 2.86. The van der Waals surface area contributed by atoms with Crippen LogP contribution in [0, 0.1) is 11.3 Å². The Morgan fingerprint density at radius 1 is 1.50 bits per heavy atom. The molecule has 1 heterocycles. The van der Waals surface area contributed by atoms with Crippen molar-refractivity contribution in [2.75, 3.05) is 13.7 Å². The van der Waals surface area contributed by atoms with Crippen LogP contribution in [-0.2, 0) is 0 Å². The van der Waals surface area contributed by atoms with E-state index in [1.54, 1.807) is 7.11 Å². The Hall–Kier alpha value is -1.99. The molecule has 1 N–H and O–H groups in total. The second-order valence-corrected chi connectivity index (χ2v) is 4.11. The predicted octanol–water partition coefficient (Wildman–Crippen LogP) is 3.01. The molecule has 4 heteroatoms. The summed E-state index contributed by atoms with van der Waals surface area (Å²) in [6.07, 6.45) is 0.494. The summed E-state index contributed by atoms with van der Waals surface area (Å²) in [5, 5.41) is 12.8. The monoisotopic (exact) mass is 244 g/mol. The summed E-state index contributed by atoms with van der Waals surface area (Å²) in [5.74, 6) is 1.59. The van der Waals surface area contributed by atoms with Crippen molar-refractivity contribution in [1.29, 1.82) is 5.26 Å². The molecular weight excluding hydrogens is 228 g/mol. The molecular formula is C14H16N2O2. The number of hydrogen-bond acceptors (Lipinski definition) is 4. The molecule has 0 amide bonds. The Balaban J connectivity index is 2.22. The number of rotatable bonds is 5. The van der Waals surface area contributed by atoms with Gasteiger partial charge in [0.1, 0.15) is 5.76 Å². The Kier molecular flexibility index (Phi) is 3.85. The van der Waals surface area contributed by atoms with Gasteiger partial charge in [-0.05, 0) is 19.1 Å². The maximum absolute atomic E-state index is 8.50. The summed E-state index contributed by atoms with van der Waals surface area (Å²) < 4.78 is 11.1. The van der Waals surface area contributed by atoms with Crippen LogP contribution >= 0.6 is 0 Å². The third-order valence-electron chi connectivity index (χ3n) is 2.86. The van der Waals surface area contributed by atoms with Crippen molar-refractivity contribution < 1.29 is 9.15 Å². The fourth-order valence-corrected chi connectivity index (χ4v) is 1.88. The van der Waals surface area contributed by atoms with Crippen molar-refractivity contribution >= 4 is 11.0 Å². The lowest BCUT2D eigenvalue weighted by atomic mass is 10.2. The molecule has 0 saturated heterocycles. The number of para-hydroxylation sites is 1.